The number of hydrogen-bond acceptors (Lipinski definition) is 3. The number of aromatic nitrogens is 2. The molecule has 2 rings (SSSR count). The van der Waals surface area contributed by atoms with Gasteiger partial charge in [-0.25, -0.2) is 18.1 Å². The lowest BCUT2D eigenvalue weighted by atomic mass is 10.1. The molecule has 102 valence electrons. The lowest BCUT2D eigenvalue weighted by molar-refractivity contribution is 0.563. The molecule has 1 heterocycles. The third-order valence-electron chi connectivity index (χ3n) is 2.67. The van der Waals surface area contributed by atoms with Gasteiger partial charge in [-0.1, -0.05) is 34.1 Å². The van der Waals surface area contributed by atoms with Gasteiger partial charge >= 0.3 is 0 Å². The molecule has 7 heteroatoms. The van der Waals surface area contributed by atoms with Crippen LogP contribution < -0.4 is 4.72 Å². The monoisotopic (exact) mass is 343 g/mol. The molecular weight excluding hydrogens is 330 g/mol. The molecule has 0 spiro atoms. The second-order valence-corrected chi connectivity index (χ2v) is 6.73. The summed E-state index contributed by atoms with van der Waals surface area (Å²) in [5.74, 6) is 0.564. The van der Waals surface area contributed by atoms with E-state index >= 15 is 0 Å². The molecule has 2 N–H and O–H groups in total. The predicted octanol–water partition coefficient (Wildman–Crippen LogP) is 2.52. The minimum atomic E-state index is -3.59. The minimum Gasteiger partial charge on any atom is -0.332 e. The lowest BCUT2D eigenvalue weighted by Crippen LogP contribution is -2.27. The van der Waals surface area contributed by atoms with Crippen molar-refractivity contribution in [3.05, 3.63) is 46.3 Å². The van der Waals surface area contributed by atoms with Crippen LogP contribution in [0.3, 0.4) is 0 Å². The zero-order valence-electron chi connectivity index (χ0n) is 10.5. The maximum absolute atomic E-state index is 12.1. The Morgan fingerprint density at radius 1 is 1.37 bits per heavy atom. The maximum Gasteiger partial charge on any atom is 0.258 e. The van der Waals surface area contributed by atoms with E-state index in [1.54, 1.807) is 13.8 Å². The summed E-state index contributed by atoms with van der Waals surface area (Å²) in [5, 5.41) is 0.0731. The molecule has 0 saturated carbocycles. The van der Waals surface area contributed by atoms with E-state index in [2.05, 4.69) is 30.6 Å². The Hall–Kier alpha value is -1.18. The molecule has 0 bridgehead atoms. The van der Waals surface area contributed by atoms with Crippen LogP contribution in [0.2, 0.25) is 0 Å². The number of nitrogens with zero attached hydrogens (tertiary/aromatic N) is 1. The summed E-state index contributed by atoms with van der Waals surface area (Å²) in [6, 6.07) is 7.15. The van der Waals surface area contributed by atoms with Crippen molar-refractivity contribution in [1.82, 2.24) is 14.7 Å². The molecule has 19 heavy (non-hydrogen) atoms. The van der Waals surface area contributed by atoms with E-state index in [1.807, 2.05) is 24.3 Å². The Bertz CT molecular complexity index is 682. The highest BCUT2D eigenvalue weighted by Crippen LogP contribution is 2.24. The summed E-state index contributed by atoms with van der Waals surface area (Å²) in [5.41, 5.74) is 0.877. The quantitative estimate of drug-likeness (QED) is 0.895. The van der Waals surface area contributed by atoms with Gasteiger partial charge < -0.3 is 4.98 Å². The third-order valence-corrected chi connectivity index (χ3v) is 4.85. The molecule has 0 fully saturated rings. The van der Waals surface area contributed by atoms with Crippen molar-refractivity contribution >= 4 is 26.0 Å². The Labute approximate surface area is 120 Å². The molecule has 0 aliphatic carbocycles. The fourth-order valence-electron chi connectivity index (χ4n) is 1.72. The highest BCUT2D eigenvalue weighted by atomic mass is 79.9. The number of hydrogen-bond donors (Lipinski definition) is 2. The SMILES string of the molecule is Cc1ncc(S(=O)(=O)NC(C)c2ccccc2Br)[nH]1. The van der Waals surface area contributed by atoms with Crippen molar-refractivity contribution in [3.8, 4) is 0 Å². The zero-order chi connectivity index (χ0) is 14.0. The average Bonchev–Trinajstić information content (AvgIpc) is 2.76. The molecule has 0 saturated heterocycles. The van der Waals surface area contributed by atoms with Crippen molar-refractivity contribution in [1.29, 1.82) is 0 Å². The van der Waals surface area contributed by atoms with Gasteiger partial charge in [0.25, 0.3) is 10.0 Å². The molecule has 1 aromatic carbocycles. The van der Waals surface area contributed by atoms with E-state index in [0.717, 1.165) is 10.0 Å². The summed E-state index contributed by atoms with van der Waals surface area (Å²) in [4.78, 5) is 6.61. The first-order chi connectivity index (χ1) is 8.90. The van der Waals surface area contributed by atoms with Gasteiger partial charge in [-0.2, -0.15) is 0 Å². The second-order valence-electron chi connectivity index (χ2n) is 4.20. The van der Waals surface area contributed by atoms with Crippen LogP contribution in [0.15, 0.2) is 40.0 Å². The highest BCUT2D eigenvalue weighted by Gasteiger charge is 2.21. The molecule has 5 nitrogen and oxygen atoms in total. The fourth-order valence-corrected chi connectivity index (χ4v) is 3.54. The number of halogens is 1. The first-order valence-corrected chi connectivity index (χ1v) is 7.96. The van der Waals surface area contributed by atoms with Gasteiger partial charge in [0.1, 0.15) is 5.82 Å². The molecule has 2 aromatic rings. The van der Waals surface area contributed by atoms with Crippen LogP contribution in [-0.2, 0) is 10.0 Å². The summed E-state index contributed by atoms with van der Waals surface area (Å²) in [6.45, 7) is 3.50. The van der Waals surface area contributed by atoms with Crippen LogP contribution in [0.1, 0.15) is 24.4 Å². The van der Waals surface area contributed by atoms with Crippen LogP contribution in [0.5, 0.6) is 0 Å². The smallest absolute Gasteiger partial charge is 0.258 e. The van der Waals surface area contributed by atoms with Crippen LogP contribution in [0.4, 0.5) is 0 Å². The number of rotatable bonds is 4. The van der Waals surface area contributed by atoms with E-state index < -0.39 is 10.0 Å². The number of H-pyrrole nitrogens is 1. The number of aryl methyl sites for hydroxylation is 1. The highest BCUT2D eigenvalue weighted by molar-refractivity contribution is 9.10. The Morgan fingerprint density at radius 2 is 2.05 bits per heavy atom. The average molecular weight is 344 g/mol. The summed E-state index contributed by atoms with van der Waals surface area (Å²) < 4.78 is 27.8. The van der Waals surface area contributed by atoms with Gasteiger partial charge in [0.15, 0.2) is 5.03 Å². The summed E-state index contributed by atoms with van der Waals surface area (Å²) in [6.07, 6.45) is 1.31. The second kappa shape index (κ2) is 5.44. The number of benzene rings is 1. The molecule has 0 aliphatic rings. The molecule has 0 radical (unpaired) electrons. The maximum atomic E-state index is 12.1. The molecule has 0 amide bonds. The van der Waals surface area contributed by atoms with E-state index in [-0.39, 0.29) is 11.1 Å². The van der Waals surface area contributed by atoms with Crippen LogP contribution in [0.25, 0.3) is 0 Å². The number of imidazole rings is 1. The minimum absolute atomic E-state index is 0.0731. The Balaban J connectivity index is 2.24. The lowest BCUT2D eigenvalue weighted by Gasteiger charge is -2.15. The molecular formula is C12H14BrN3O2S. The van der Waals surface area contributed by atoms with Crippen molar-refractivity contribution < 1.29 is 8.42 Å². The summed E-state index contributed by atoms with van der Waals surface area (Å²) >= 11 is 3.41. The third kappa shape index (κ3) is 3.23. The first-order valence-electron chi connectivity index (χ1n) is 5.68. The topological polar surface area (TPSA) is 74.8 Å². The van der Waals surface area contributed by atoms with Gasteiger partial charge in [0, 0.05) is 10.5 Å². The first kappa shape index (κ1) is 14.2. The number of aromatic amines is 1. The normalized spacial score (nSPS) is 13.4. The van der Waals surface area contributed by atoms with Crippen LogP contribution in [-0.4, -0.2) is 18.4 Å². The van der Waals surface area contributed by atoms with Gasteiger partial charge in [0.2, 0.25) is 0 Å². The summed E-state index contributed by atoms with van der Waals surface area (Å²) in [7, 11) is -3.59. The van der Waals surface area contributed by atoms with Crippen molar-refractivity contribution in [3.63, 3.8) is 0 Å². The standard InChI is InChI=1S/C12H14BrN3O2S/c1-8(10-5-3-4-6-11(10)13)16-19(17,18)12-7-14-9(2)15-12/h3-8,16H,1-2H3,(H,14,15). The number of sulfonamides is 1. The fraction of sp³-hybridized carbons (Fsp3) is 0.250. The van der Waals surface area contributed by atoms with Crippen LogP contribution in [0, 0.1) is 6.92 Å². The van der Waals surface area contributed by atoms with Crippen LogP contribution >= 0.6 is 15.9 Å². The van der Waals surface area contributed by atoms with E-state index in [9.17, 15) is 8.42 Å². The van der Waals surface area contributed by atoms with E-state index in [4.69, 9.17) is 0 Å². The Morgan fingerprint density at radius 3 is 2.63 bits per heavy atom. The van der Waals surface area contributed by atoms with Gasteiger partial charge in [0.05, 0.1) is 6.20 Å². The van der Waals surface area contributed by atoms with Crippen molar-refractivity contribution in [2.75, 3.05) is 0 Å². The molecule has 0 aliphatic heterocycles. The largest absolute Gasteiger partial charge is 0.332 e. The molecule has 1 atom stereocenters. The van der Waals surface area contributed by atoms with Crippen molar-refractivity contribution in [2.24, 2.45) is 0 Å². The Kier molecular flexibility index (Phi) is 4.07. The van der Waals surface area contributed by atoms with E-state index in [0.29, 0.717) is 5.82 Å². The van der Waals surface area contributed by atoms with Crippen molar-refractivity contribution in [2.45, 2.75) is 24.9 Å². The zero-order valence-corrected chi connectivity index (χ0v) is 12.9. The van der Waals surface area contributed by atoms with Gasteiger partial charge in [-0.3, -0.25) is 0 Å². The van der Waals surface area contributed by atoms with Gasteiger partial charge in [-0.05, 0) is 25.5 Å². The van der Waals surface area contributed by atoms with Gasteiger partial charge in [-0.15, -0.1) is 0 Å². The molecule has 1 unspecified atom stereocenters. The number of nitrogens with one attached hydrogen (secondary N) is 2. The predicted molar refractivity (Wildman–Crippen MR) is 76.2 cm³/mol. The molecule has 1 aromatic heterocycles. The van der Waals surface area contributed by atoms with E-state index in [1.165, 1.54) is 6.20 Å².